The molecule has 0 saturated carbocycles. The first-order valence-electron chi connectivity index (χ1n) is 7.53. The van der Waals surface area contributed by atoms with E-state index in [9.17, 15) is 14.7 Å². The molecule has 1 aliphatic heterocycles. The molecule has 0 bridgehead atoms. The number of carbonyl (C=O) groups is 2. The Balaban J connectivity index is 2.12. The molecule has 1 aliphatic rings. The summed E-state index contributed by atoms with van der Waals surface area (Å²) in [5.74, 6) is -0.901. The maximum absolute atomic E-state index is 12.3. The van der Waals surface area contributed by atoms with Crippen molar-refractivity contribution in [2.75, 3.05) is 14.2 Å². The van der Waals surface area contributed by atoms with Gasteiger partial charge < -0.3 is 19.9 Å². The number of aliphatic hydroxyl groups excluding tert-OH is 1. The van der Waals surface area contributed by atoms with Gasteiger partial charge in [0.1, 0.15) is 5.76 Å². The summed E-state index contributed by atoms with van der Waals surface area (Å²) in [5, 5.41) is 13.3. The number of carbonyl (C=O) groups excluding carboxylic acids is 2. The largest absolute Gasteiger partial charge is 0.507 e. The molecule has 1 amide bonds. The zero-order valence-corrected chi connectivity index (χ0v) is 13.7. The summed E-state index contributed by atoms with van der Waals surface area (Å²) in [6, 6.07) is 7.52. The summed E-state index contributed by atoms with van der Waals surface area (Å²) in [6.45, 7) is 0. The van der Waals surface area contributed by atoms with Gasteiger partial charge >= 0.3 is 0 Å². The van der Waals surface area contributed by atoms with Crippen molar-refractivity contribution >= 4 is 17.4 Å². The Morgan fingerprint density at radius 2 is 1.92 bits per heavy atom. The van der Waals surface area contributed by atoms with E-state index in [1.54, 1.807) is 42.7 Å². The Labute approximate surface area is 143 Å². The second kappa shape index (κ2) is 6.64. The summed E-state index contributed by atoms with van der Waals surface area (Å²) in [4.78, 5) is 27.0. The first-order valence-corrected chi connectivity index (χ1v) is 7.53. The van der Waals surface area contributed by atoms with Crippen molar-refractivity contribution in [2.24, 2.45) is 0 Å². The lowest BCUT2D eigenvalue weighted by Crippen LogP contribution is -2.21. The molecule has 7 heteroatoms. The molecule has 3 N–H and O–H groups in total. The first kappa shape index (κ1) is 16.5. The van der Waals surface area contributed by atoms with Gasteiger partial charge in [-0.05, 0) is 24.3 Å². The van der Waals surface area contributed by atoms with Crippen molar-refractivity contribution in [3.05, 3.63) is 59.4 Å². The summed E-state index contributed by atoms with van der Waals surface area (Å²) in [5.41, 5.74) is 1.00. The zero-order chi connectivity index (χ0) is 18.0. The van der Waals surface area contributed by atoms with Gasteiger partial charge in [-0.1, -0.05) is 0 Å². The fraction of sp³-hybridized carbons (Fsp3) is 0.167. The molecule has 2 heterocycles. The van der Waals surface area contributed by atoms with Crippen LogP contribution >= 0.6 is 0 Å². The number of aliphatic hydroxyl groups is 1. The van der Waals surface area contributed by atoms with E-state index in [1.165, 1.54) is 14.2 Å². The predicted octanol–water partition coefficient (Wildman–Crippen LogP) is 1.23. The quantitative estimate of drug-likeness (QED) is 0.495. The van der Waals surface area contributed by atoms with Crippen molar-refractivity contribution in [1.82, 2.24) is 5.32 Å². The molecule has 1 unspecified atom stereocenters. The van der Waals surface area contributed by atoms with Gasteiger partial charge in [-0.3, -0.25) is 9.59 Å². The third kappa shape index (κ3) is 2.91. The fourth-order valence-corrected chi connectivity index (χ4v) is 2.74. The molecule has 1 fully saturated rings. The van der Waals surface area contributed by atoms with E-state index in [0.717, 1.165) is 0 Å². The lowest BCUT2D eigenvalue weighted by molar-refractivity contribution is -0.378. The first-order chi connectivity index (χ1) is 12.1. The molecule has 0 radical (unpaired) electrons. The monoisotopic (exact) mass is 341 g/mol. The van der Waals surface area contributed by atoms with Crippen LogP contribution in [0, 0.1) is 0 Å². The molecular formula is C18H17N2O5+. The van der Waals surface area contributed by atoms with Crippen LogP contribution in [0.2, 0.25) is 0 Å². The number of H-pyrrole nitrogens is 1. The number of benzene rings is 1. The molecule has 128 valence electrons. The Morgan fingerprint density at radius 1 is 1.16 bits per heavy atom. The highest BCUT2D eigenvalue weighted by molar-refractivity contribution is 6.46. The summed E-state index contributed by atoms with van der Waals surface area (Å²) < 4.78 is 10.4. The van der Waals surface area contributed by atoms with Crippen LogP contribution in [0.15, 0.2) is 48.3 Å². The molecule has 1 aromatic carbocycles. The predicted molar refractivity (Wildman–Crippen MR) is 88.0 cm³/mol. The third-order valence-corrected chi connectivity index (χ3v) is 3.99. The van der Waals surface area contributed by atoms with Crippen LogP contribution in [0.3, 0.4) is 0 Å². The van der Waals surface area contributed by atoms with Gasteiger partial charge in [0.25, 0.3) is 11.7 Å². The highest BCUT2D eigenvalue weighted by Crippen LogP contribution is 2.35. The smallest absolute Gasteiger partial charge is 0.293 e. The molecule has 1 atom stereocenters. The lowest BCUT2D eigenvalue weighted by atomic mass is 9.97. The normalized spacial score (nSPS) is 18.7. The number of aromatic amines is 1. The Morgan fingerprint density at radius 3 is 2.56 bits per heavy atom. The van der Waals surface area contributed by atoms with Crippen LogP contribution in [0.1, 0.15) is 17.2 Å². The SMILES string of the molecule is COc1ccc(C(O)=C2C(=O)C(=O)NC2c2ccc[nH+]c2)cc1OC. The number of nitrogens with one attached hydrogen (secondary N) is 2. The zero-order valence-electron chi connectivity index (χ0n) is 13.7. The second-order valence-electron chi connectivity index (χ2n) is 5.40. The van der Waals surface area contributed by atoms with E-state index in [4.69, 9.17) is 9.47 Å². The van der Waals surface area contributed by atoms with Crippen LogP contribution in [-0.2, 0) is 9.59 Å². The molecule has 3 rings (SSSR count). The second-order valence-corrected chi connectivity index (χ2v) is 5.40. The maximum Gasteiger partial charge on any atom is 0.293 e. The number of Topliss-reactive ketones (excluding diaryl/α,β-unsaturated/α-hetero) is 1. The van der Waals surface area contributed by atoms with Crippen LogP contribution < -0.4 is 19.8 Å². The molecule has 0 aliphatic carbocycles. The van der Waals surface area contributed by atoms with E-state index in [2.05, 4.69) is 10.3 Å². The number of aromatic nitrogens is 1. The molecule has 1 aromatic heterocycles. The molecule has 0 spiro atoms. The van der Waals surface area contributed by atoms with Crippen LogP contribution in [-0.4, -0.2) is 31.0 Å². The van der Waals surface area contributed by atoms with E-state index in [1.807, 2.05) is 0 Å². The van der Waals surface area contributed by atoms with Crippen molar-refractivity contribution in [3.8, 4) is 11.5 Å². The summed E-state index contributed by atoms with van der Waals surface area (Å²) in [7, 11) is 2.97. The average Bonchev–Trinajstić information content (AvgIpc) is 2.96. The minimum absolute atomic E-state index is 0.00294. The van der Waals surface area contributed by atoms with E-state index >= 15 is 0 Å². The van der Waals surface area contributed by atoms with Gasteiger partial charge in [-0.15, -0.1) is 0 Å². The van der Waals surface area contributed by atoms with Crippen LogP contribution in [0.25, 0.3) is 5.76 Å². The number of pyridine rings is 1. The van der Waals surface area contributed by atoms with Crippen LogP contribution in [0.5, 0.6) is 11.5 Å². The highest BCUT2D eigenvalue weighted by Gasteiger charge is 2.40. The van der Waals surface area contributed by atoms with Gasteiger partial charge in [0.05, 0.1) is 25.8 Å². The number of hydrogen-bond donors (Lipinski definition) is 2. The number of hydrogen-bond acceptors (Lipinski definition) is 5. The molecule has 7 nitrogen and oxygen atoms in total. The Hall–Kier alpha value is -3.35. The number of methoxy groups -OCH3 is 2. The van der Waals surface area contributed by atoms with Gasteiger partial charge in [0.2, 0.25) is 0 Å². The maximum atomic E-state index is 12.3. The number of rotatable bonds is 4. The van der Waals surface area contributed by atoms with Crippen LogP contribution in [0.4, 0.5) is 0 Å². The minimum atomic E-state index is -0.763. The van der Waals surface area contributed by atoms with Gasteiger partial charge in [-0.25, -0.2) is 4.98 Å². The van der Waals surface area contributed by atoms with Crippen molar-refractivity contribution in [1.29, 1.82) is 0 Å². The van der Waals surface area contributed by atoms with Gasteiger partial charge in [-0.2, -0.15) is 0 Å². The average molecular weight is 341 g/mol. The standard InChI is InChI=1S/C18H16N2O5/c1-24-12-6-5-10(8-13(12)25-2)16(21)14-15(20-18(23)17(14)22)11-4-3-7-19-9-11/h3-9,15,21H,1-2H3,(H,20,23)/p+1. The minimum Gasteiger partial charge on any atom is -0.507 e. The molecule has 2 aromatic rings. The summed E-state index contributed by atoms with van der Waals surface area (Å²) >= 11 is 0. The van der Waals surface area contributed by atoms with E-state index in [-0.39, 0.29) is 11.3 Å². The number of amides is 1. The molecule has 25 heavy (non-hydrogen) atoms. The highest BCUT2D eigenvalue weighted by atomic mass is 16.5. The van der Waals surface area contributed by atoms with E-state index < -0.39 is 17.7 Å². The van der Waals surface area contributed by atoms with Crippen molar-refractivity contribution in [2.45, 2.75) is 6.04 Å². The topological polar surface area (TPSA) is 99.0 Å². The summed E-state index contributed by atoms with van der Waals surface area (Å²) in [6.07, 6.45) is 3.37. The molecule has 1 saturated heterocycles. The third-order valence-electron chi connectivity index (χ3n) is 3.99. The number of ether oxygens (including phenoxy) is 2. The van der Waals surface area contributed by atoms with Crippen molar-refractivity contribution in [3.63, 3.8) is 0 Å². The Kier molecular flexibility index (Phi) is 4.38. The van der Waals surface area contributed by atoms with Crippen molar-refractivity contribution < 1.29 is 29.2 Å². The molecular weight excluding hydrogens is 324 g/mol. The van der Waals surface area contributed by atoms with Gasteiger partial charge in [0, 0.05) is 17.2 Å². The van der Waals surface area contributed by atoms with Gasteiger partial charge in [0.15, 0.2) is 23.9 Å². The lowest BCUT2D eigenvalue weighted by Gasteiger charge is -2.13. The van der Waals surface area contributed by atoms with E-state index in [0.29, 0.717) is 22.6 Å². The Bertz CT molecular complexity index is 861. The number of ketones is 1. The fourth-order valence-electron chi connectivity index (χ4n) is 2.74.